The van der Waals surface area contributed by atoms with E-state index in [2.05, 4.69) is 9.97 Å². The maximum absolute atomic E-state index is 14.1. The third kappa shape index (κ3) is 2.27. The number of rotatable bonds is 2. The van der Waals surface area contributed by atoms with Gasteiger partial charge in [0, 0.05) is 11.5 Å². The molecule has 0 atom stereocenters. The van der Waals surface area contributed by atoms with Crippen molar-refractivity contribution in [1.82, 2.24) is 9.97 Å². The summed E-state index contributed by atoms with van der Waals surface area (Å²) in [6.07, 6.45) is 0. The molecule has 0 radical (unpaired) electrons. The Kier molecular flexibility index (Phi) is 3.17. The maximum Gasteiger partial charge on any atom is 0.165 e. The van der Waals surface area contributed by atoms with Gasteiger partial charge in [0.25, 0.3) is 0 Å². The minimum atomic E-state index is -0.444. The van der Waals surface area contributed by atoms with Gasteiger partial charge >= 0.3 is 0 Å². The zero-order valence-corrected chi connectivity index (χ0v) is 11.7. The summed E-state index contributed by atoms with van der Waals surface area (Å²) in [6, 6.07) is 10.2. The highest BCUT2D eigenvalue weighted by atomic mass is 19.1. The van der Waals surface area contributed by atoms with Gasteiger partial charge in [-0.05, 0) is 30.7 Å². The molecule has 21 heavy (non-hydrogen) atoms. The Labute approximate surface area is 121 Å². The van der Waals surface area contributed by atoms with E-state index in [1.807, 2.05) is 25.1 Å². The Balaban J connectivity index is 2.22. The summed E-state index contributed by atoms with van der Waals surface area (Å²) in [5.41, 5.74) is 7.99. The molecule has 2 N–H and O–H groups in total. The fourth-order valence-electron chi connectivity index (χ4n) is 2.31. The molecule has 0 bridgehead atoms. The van der Waals surface area contributed by atoms with Crippen molar-refractivity contribution in [3.8, 4) is 17.1 Å². The summed E-state index contributed by atoms with van der Waals surface area (Å²) in [6.45, 7) is 1.94. The molecule has 0 saturated heterocycles. The molecule has 5 heteroatoms. The van der Waals surface area contributed by atoms with E-state index in [-0.39, 0.29) is 5.82 Å². The van der Waals surface area contributed by atoms with Crippen molar-refractivity contribution in [3.63, 3.8) is 0 Å². The molecular formula is C16H14FN3O. The standard InChI is InChI=1S/C16H14FN3O/c1-9-4-3-5-13-14(9)15(18)20-16(19-13)11-7-6-10(21-2)8-12(11)17/h3-8H,1-2H3,(H2,18,19,20). The quantitative estimate of drug-likeness (QED) is 0.783. The van der Waals surface area contributed by atoms with Gasteiger partial charge in [0.2, 0.25) is 0 Å². The molecule has 0 saturated carbocycles. The van der Waals surface area contributed by atoms with Crippen LogP contribution in [-0.2, 0) is 0 Å². The lowest BCUT2D eigenvalue weighted by molar-refractivity contribution is 0.411. The number of hydrogen-bond acceptors (Lipinski definition) is 4. The van der Waals surface area contributed by atoms with Crippen LogP contribution in [-0.4, -0.2) is 17.1 Å². The van der Waals surface area contributed by atoms with E-state index < -0.39 is 5.82 Å². The predicted octanol–water partition coefficient (Wildman–Crippen LogP) is 3.34. The summed E-state index contributed by atoms with van der Waals surface area (Å²) in [7, 11) is 1.49. The second-order valence-corrected chi connectivity index (χ2v) is 4.75. The van der Waals surface area contributed by atoms with Crippen LogP contribution in [0.3, 0.4) is 0 Å². The van der Waals surface area contributed by atoms with E-state index in [4.69, 9.17) is 10.5 Å². The van der Waals surface area contributed by atoms with Crippen LogP contribution in [0.1, 0.15) is 5.56 Å². The fourth-order valence-corrected chi connectivity index (χ4v) is 2.31. The van der Waals surface area contributed by atoms with Crippen molar-refractivity contribution >= 4 is 16.7 Å². The van der Waals surface area contributed by atoms with Crippen molar-refractivity contribution in [2.24, 2.45) is 0 Å². The van der Waals surface area contributed by atoms with Crippen LogP contribution in [0, 0.1) is 12.7 Å². The minimum absolute atomic E-state index is 0.269. The van der Waals surface area contributed by atoms with Gasteiger partial charge in [-0.1, -0.05) is 12.1 Å². The lowest BCUT2D eigenvalue weighted by Crippen LogP contribution is -2.00. The van der Waals surface area contributed by atoms with E-state index >= 15 is 0 Å². The molecule has 0 aliphatic heterocycles. The average Bonchev–Trinajstić information content (AvgIpc) is 2.46. The van der Waals surface area contributed by atoms with Crippen LogP contribution in [0.25, 0.3) is 22.3 Å². The summed E-state index contributed by atoms with van der Waals surface area (Å²) in [5, 5.41) is 0.801. The molecular weight excluding hydrogens is 269 g/mol. The number of aryl methyl sites for hydroxylation is 1. The van der Waals surface area contributed by atoms with Crippen LogP contribution >= 0.6 is 0 Å². The minimum Gasteiger partial charge on any atom is -0.497 e. The second-order valence-electron chi connectivity index (χ2n) is 4.75. The molecule has 2 aromatic carbocycles. The molecule has 0 amide bonds. The first-order chi connectivity index (χ1) is 10.1. The number of nitrogens with two attached hydrogens (primary N) is 1. The van der Waals surface area contributed by atoms with Crippen molar-refractivity contribution in [2.45, 2.75) is 6.92 Å². The average molecular weight is 283 g/mol. The Morgan fingerprint density at radius 1 is 1.14 bits per heavy atom. The first-order valence-corrected chi connectivity index (χ1v) is 6.47. The topological polar surface area (TPSA) is 61.0 Å². The summed E-state index contributed by atoms with van der Waals surface area (Å²) in [5.74, 6) is 0.621. The SMILES string of the molecule is COc1ccc(-c2nc(N)c3c(C)cccc3n2)c(F)c1. The van der Waals surface area contributed by atoms with Gasteiger partial charge in [0.05, 0.1) is 18.2 Å². The van der Waals surface area contributed by atoms with Gasteiger partial charge in [-0.2, -0.15) is 0 Å². The predicted molar refractivity (Wildman–Crippen MR) is 80.6 cm³/mol. The summed E-state index contributed by atoms with van der Waals surface area (Å²) >= 11 is 0. The molecule has 0 unspecified atom stereocenters. The molecule has 1 aromatic heterocycles. The number of anilines is 1. The van der Waals surface area contributed by atoms with Gasteiger partial charge in [-0.25, -0.2) is 14.4 Å². The third-order valence-corrected chi connectivity index (χ3v) is 3.38. The molecule has 0 fully saturated rings. The molecule has 3 rings (SSSR count). The molecule has 0 aliphatic carbocycles. The van der Waals surface area contributed by atoms with E-state index in [1.54, 1.807) is 12.1 Å². The number of halogens is 1. The molecule has 0 aliphatic rings. The van der Waals surface area contributed by atoms with Gasteiger partial charge < -0.3 is 10.5 Å². The maximum atomic E-state index is 14.1. The Morgan fingerprint density at radius 2 is 1.95 bits per heavy atom. The lowest BCUT2D eigenvalue weighted by atomic mass is 10.1. The normalized spacial score (nSPS) is 10.8. The van der Waals surface area contributed by atoms with E-state index in [9.17, 15) is 4.39 Å². The lowest BCUT2D eigenvalue weighted by Gasteiger charge is -2.09. The smallest absolute Gasteiger partial charge is 0.165 e. The van der Waals surface area contributed by atoms with Crippen LogP contribution in [0.4, 0.5) is 10.2 Å². The number of ether oxygens (including phenoxy) is 1. The molecule has 1 heterocycles. The largest absolute Gasteiger partial charge is 0.497 e. The molecule has 106 valence electrons. The van der Waals surface area contributed by atoms with Crippen LogP contribution < -0.4 is 10.5 Å². The Bertz CT molecular complexity index is 833. The van der Waals surface area contributed by atoms with Crippen molar-refractivity contribution in [1.29, 1.82) is 0 Å². The second kappa shape index (κ2) is 5.01. The van der Waals surface area contributed by atoms with Crippen LogP contribution in [0.15, 0.2) is 36.4 Å². The molecule has 3 aromatic rings. The fraction of sp³-hybridized carbons (Fsp3) is 0.125. The first-order valence-electron chi connectivity index (χ1n) is 6.47. The zero-order chi connectivity index (χ0) is 15.0. The Morgan fingerprint density at radius 3 is 2.67 bits per heavy atom. The van der Waals surface area contributed by atoms with Gasteiger partial charge in [0.1, 0.15) is 17.4 Å². The number of aromatic nitrogens is 2. The van der Waals surface area contributed by atoms with Gasteiger partial charge in [-0.3, -0.25) is 0 Å². The third-order valence-electron chi connectivity index (χ3n) is 3.38. The Hall–Kier alpha value is -2.69. The number of methoxy groups -OCH3 is 1. The highest BCUT2D eigenvalue weighted by Crippen LogP contribution is 2.28. The molecule has 4 nitrogen and oxygen atoms in total. The highest BCUT2D eigenvalue weighted by Gasteiger charge is 2.13. The summed E-state index contributed by atoms with van der Waals surface area (Å²) < 4.78 is 19.1. The van der Waals surface area contributed by atoms with Crippen molar-refractivity contribution in [2.75, 3.05) is 12.8 Å². The number of fused-ring (bicyclic) bond motifs is 1. The van der Waals surface area contributed by atoms with E-state index in [0.29, 0.717) is 22.6 Å². The van der Waals surface area contributed by atoms with Crippen molar-refractivity contribution < 1.29 is 9.13 Å². The van der Waals surface area contributed by atoms with Crippen LogP contribution in [0.2, 0.25) is 0 Å². The van der Waals surface area contributed by atoms with Crippen molar-refractivity contribution in [3.05, 3.63) is 47.8 Å². The molecule has 0 spiro atoms. The van der Waals surface area contributed by atoms with E-state index in [1.165, 1.54) is 13.2 Å². The van der Waals surface area contributed by atoms with Gasteiger partial charge in [0.15, 0.2) is 5.82 Å². The summed E-state index contributed by atoms with van der Waals surface area (Å²) in [4.78, 5) is 8.65. The highest BCUT2D eigenvalue weighted by molar-refractivity contribution is 5.92. The number of nitrogen functional groups attached to an aromatic ring is 1. The number of nitrogens with zero attached hydrogens (tertiary/aromatic N) is 2. The van der Waals surface area contributed by atoms with Gasteiger partial charge in [-0.15, -0.1) is 0 Å². The monoisotopic (exact) mass is 283 g/mol. The number of benzene rings is 2. The number of hydrogen-bond donors (Lipinski definition) is 1. The first kappa shape index (κ1) is 13.3. The zero-order valence-electron chi connectivity index (χ0n) is 11.7. The van der Waals surface area contributed by atoms with E-state index in [0.717, 1.165) is 10.9 Å². The van der Waals surface area contributed by atoms with Crippen LogP contribution in [0.5, 0.6) is 5.75 Å².